The van der Waals surface area contributed by atoms with Gasteiger partial charge < -0.3 is 20.5 Å². The smallest absolute Gasteiger partial charge is 0.416 e. The average molecular weight is 405 g/mol. The van der Waals surface area contributed by atoms with Crippen molar-refractivity contribution in [2.24, 2.45) is 5.73 Å². The fourth-order valence-electron chi connectivity index (χ4n) is 2.16. The summed E-state index contributed by atoms with van der Waals surface area (Å²) in [5.41, 5.74) is 5.20. The number of hydrogen-bond acceptors (Lipinski definition) is 4. The van der Waals surface area contributed by atoms with Crippen molar-refractivity contribution in [3.63, 3.8) is 0 Å². The number of ether oxygens (including phenoxy) is 2. The van der Waals surface area contributed by atoms with Crippen molar-refractivity contribution in [1.29, 1.82) is 0 Å². The molecule has 1 unspecified atom stereocenters. The molecule has 2 aromatic carbocycles. The van der Waals surface area contributed by atoms with Crippen molar-refractivity contribution in [3.8, 4) is 11.5 Å². The first-order valence-electron chi connectivity index (χ1n) is 7.79. The van der Waals surface area contributed by atoms with Gasteiger partial charge in [-0.2, -0.15) is 13.2 Å². The summed E-state index contributed by atoms with van der Waals surface area (Å²) in [6.07, 6.45) is -4.68. The van der Waals surface area contributed by atoms with Crippen LogP contribution in [0.15, 0.2) is 48.5 Å². The van der Waals surface area contributed by atoms with Gasteiger partial charge in [-0.1, -0.05) is 6.07 Å². The molecule has 0 aliphatic heterocycles. The van der Waals surface area contributed by atoms with Crippen LogP contribution in [0.4, 0.5) is 18.9 Å². The topological polar surface area (TPSA) is 73.6 Å². The molecule has 0 aliphatic carbocycles. The summed E-state index contributed by atoms with van der Waals surface area (Å²) in [4.78, 5) is 11.9. The van der Waals surface area contributed by atoms with Gasteiger partial charge in [-0.15, -0.1) is 12.4 Å². The van der Waals surface area contributed by atoms with Crippen LogP contribution in [0.2, 0.25) is 0 Å². The quantitative estimate of drug-likeness (QED) is 0.724. The van der Waals surface area contributed by atoms with Gasteiger partial charge in [0.05, 0.1) is 18.1 Å². The van der Waals surface area contributed by atoms with Crippen LogP contribution < -0.4 is 15.8 Å². The van der Waals surface area contributed by atoms with Crippen LogP contribution >= 0.6 is 12.4 Å². The van der Waals surface area contributed by atoms with Gasteiger partial charge in [0.1, 0.15) is 11.5 Å². The molecule has 27 heavy (non-hydrogen) atoms. The van der Waals surface area contributed by atoms with Crippen LogP contribution in [0.5, 0.6) is 11.5 Å². The fourth-order valence-corrected chi connectivity index (χ4v) is 2.16. The Morgan fingerprint density at radius 1 is 1.15 bits per heavy atom. The van der Waals surface area contributed by atoms with E-state index >= 15 is 0 Å². The monoisotopic (exact) mass is 404 g/mol. The SMILES string of the molecule is COC(CN)CC(=O)Nc1ccc(Oc2cccc(C(F)(F)F)c2)cc1.Cl. The summed E-state index contributed by atoms with van der Waals surface area (Å²) in [6, 6.07) is 10.9. The number of rotatable bonds is 7. The lowest BCUT2D eigenvalue weighted by molar-refractivity contribution is -0.137. The maximum absolute atomic E-state index is 12.7. The maximum Gasteiger partial charge on any atom is 0.416 e. The molecular formula is C18H20ClF3N2O3. The number of methoxy groups -OCH3 is 1. The third-order valence-electron chi connectivity index (χ3n) is 3.54. The minimum absolute atomic E-state index is 0. The number of amides is 1. The van der Waals surface area contributed by atoms with E-state index < -0.39 is 11.7 Å². The number of carbonyl (C=O) groups excluding carboxylic acids is 1. The minimum Gasteiger partial charge on any atom is -0.457 e. The molecule has 5 nitrogen and oxygen atoms in total. The molecule has 0 saturated carbocycles. The van der Waals surface area contributed by atoms with Crippen molar-refractivity contribution in [3.05, 3.63) is 54.1 Å². The third-order valence-corrected chi connectivity index (χ3v) is 3.54. The highest BCUT2D eigenvalue weighted by molar-refractivity contribution is 5.91. The highest BCUT2D eigenvalue weighted by Gasteiger charge is 2.30. The number of hydrogen-bond donors (Lipinski definition) is 2. The summed E-state index contributed by atoms with van der Waals surface area (Å²) in [6.45, 7) is 0.230. The lowest BCUT2D eigenvalue weighted by atomic mass is 10.2. The zero-order valence-corrected chi connectivity index (χ0v) is 15.3. The molecule has 0 aromatic heterocycles. The molecule has 0 heterocycles. The van der Waals surface area contributed by atoms with Crippen molar-refractivity contribution in [2.45, 2.75) is 18.7 Å². The summed E-state index contributed by atoms with van der Waals surface area (Å²) >= 11 is 0. The zero-order valence-electron chi connectivity index (χ0n) is 14.5. The molecule has 0 aliphatic rings. The van der Waals surface area contributed by atoms with Gasteiger partial charge >= 0.3 is 6.18 Å². The standard InChI is InChI=1S/C18H19F3N2O3.ClH/c1-25-16(11-22)10-17(24)23-13-5-7-14(8-6-13)26-15-4-2-3-12(9-15)18(19,20)21;/h2-9,16H,10-11,22H2,1H3,(H,23,24);1H. The maximum atomic E-state index is 12.7. The number of nitrogens with two attached hydrogens (primary N) is 1. The normalized spacial score (nSPS) is 12.0. The van der Waals surface area contributed by atoms with Gasteiger partial charge in [-0.05, 0) is 42.5 Å². The number of benzene rings is 2. The molecule has 0 spiro atoms. The molecule has 0 radical (unpaired) electrons. The predicted octanol–water partition coefficient (Wildman–Crippen LogP) is 4.22. The summed E-state index contributed by atoms with van der Waals surface area (Å²) in [7, 11) is 1.48. The number of anilines is 1. The average Bonchev–Trinajstić information content (AvgIpc) is 2.61. The van der Waals surface area contributed by atoms with Gasteiger partial charge in [-0.3, -0.25) is 4.79 Å². The second-order valence-electron chi connectivity index (χ2n) is 5.50. The van der Waals surface area contributed by atoms with E-state index in [2.05, 4.69) is 5.32 Å². The van der Waals surface area contributed by atoms with E-state index in [9.17, 15) is 18.0 Å². The Bertz CT molecular complexity index is 735. The Balaban J connectivity index is 0.00000364. The Labute approximate surface area is 161 Å². The highest BCUT2D eigenvalue weighted by Crippen LogP contribution is 2.32. The largest absolute Gasteiger partial charge is 0.457 e. The molecule has 0 fully saturated rings. The first-order chi connectivity index (χ1) is 12.3. The molecule has 0 bridgehead atoms. The van der Waals surface area contributed by atoms with E-state index in [0.29, 0.717) is 11.4 Å². The summed E-state index contributed by atoms with van der Waals surface area (Å²) in [5, 5.41) is 2.68. The first kappa shape index (κ1) is 22.8. The second-order valence-corrected chi connectivity index (χ2v) is 5.50. The molecule has 2 rings (SSSR count). The second kappa shape index (κ2) is 10.1. The van der Waals surface area contributed by atoms with Crippen LogP contribution in [-0.2, 0) is 15.7 Å². The Hall–Kier alpha value is -2.29. The third kappa shape index (κ3) is 7.09. The Morgan fingerprint density at radius 3 is 2.37 bits per heavy atom. The number of halogens is 4. The van der Waals surface area contributed by atoms with E-state index in [1.165, 1.54) is 19.2 Å². The van der Waals surface area contributed by atoms with E-state index in [4.69, 9.17) is 15.2 Å². The highest BCUT2D eigenvalue weighted by atomic mass is 35.5. The number of carbonyl (C=O) groups is 1. The van der Waals surface area contributed by atoms with E-state index in [-0.39, 0.29) is 43.1 Å². The molecule has 9 heteroatoms. The Morgan fingerprint density at radius 2 is 1.81 bits per heavy atom. The van der Waals surface area contributed by atoms with Gasteiger partial charge in [0.15, 0.2) is 0 Å². The van der Waals surface area contributed by atoms with Crippen LogP contribution in [0, 0.1) is 0 Å². The van der Waals surface area contributed by atoms with Crippen LogP contribution in [0.3, 0.4) is 0 Å². The van der Waals surface area contributed by atoms with Crippen molar-refractivity contribution >= 4 is 24.0 Å². The Kier molecular flexibility index (Phi) is 8.55. The zero-order chi connectivity index (χ0) is 19.2. The summed E-state index contributed by atoms with van der Waals surface area (Å²) < 4.78 is 48.6. The van der Waals surface area contributed by atoms with Crippen molar-refractivity contribution in [1.82, 2.24) is 0 Å². The lowest BCUT2D eigenvalue weighted by Crippen LogP contribution is -2.28. The molecule has 148 valence electrons. The van der Waals surface area contributed by atoms with Gasteiger partial charge in [-0.25, -0.2) is 0 Å². The minimum atomic E-state index is -4.43. The van der Waals surface area contributed by atoms with E-state index in [0.717, 1.165) is 12.1 Å². The van der Waals surface area contributed by atoms with Gasteiger partial charge in [0.25, 0.3) is 0 Å². The molecule has 0 saturated heterocycles. The van der Waals surface area contributed by atoms with Crippen LogP contribution in [0.25, 0.3) is 0 Å². The van der Waals surface area contributed by atoms with Crippen molar-refractivity contribution < 1.29 is 27.4 Å². The van der Waals surface area contributed by atoms with Crippen LogP contribution in [-0.4, -0.2) is 25.7 Å². The van der Waals surface area contributed by atoms with E-state index in [1.54, 1.807) is 24.3 Å². The molecule has 3 N–H and O–H groups in total. The molecule has 2 aromatic rings. The summed E-state index contributed by atoms with van der Waals surface area (Å²) in [5.74, 6) is 0.162. The molecule has 1 amide bonds. The molecular weight excluding hydrogens is 385 g/mol. The fraction of sp³-hybridized carbons (Fsp3) is 0.278. The first-order valence-corrected chi connectivity index (χ1v) is 7.79. The number of nitrogens with one attached hydrogen (secondary N) is 1. The lowest BCUT2D eigenvalue weighted by Gasteiger charge is -2.13. The molecule has 1 atom stereocenters. The number of alkyl halides is 3. The van der Waals surface area contributed by atoms with Gasteiger partial charge in [0, 0.05) is 19.3 Å². The van der Waals surface area contributed by atoms with Gasteiger partial charge in [0.2, 0.25) is 5.91 Å². The van der Waals surface area contributed by atoms with Crippen LogP contribution in [0.1, 0.15) is 12.0 Å². The van der Waals surface area contributed by atoms with E-state index in [1.807, 2.05) is 0 Å². The van der Waals surface area contributed by atoms with Crippen molar-refractivity contribution in [2.75, 3.05) is 19.0 Å². The predicted molar refractivity (Wildman–Crippen MR) is 98.3 cm³/mol.